The summed E-state index contributed by atoms with van der Waals surface area (Å²) in [5.74, 6) is -0.956. The fourth-order valence-electron chi connectivity index (χ4n) is 3.68. The van der Waals surface area contributed by atoms with Crippen molar-refractivity contribution in [2.24, 2.45) is 5.41 Å². The van der Waals surface area contributed by atoms with E-state index in [2.05, 4.69) is 9.97 Å². The molecule has 1 unspecified atom stereocenters. The minimum Gasteiger partial charge on any atom is -0.368 e. The average Bonchev–Trinajstić information content (AvgIpc) is 2.69. The third-order valence-electron chi connectivity index (χ3n) is 5.13. The van der Waals surface area contributed by atoms with Crippen LogP contribution in [0, 0.1) is 22.6 Å². The third-order valence-corrected chi connectivity index (χ3v) is 6.21. The van der Waals surface area contributed by atoms with Gasteiger partial charge in [-0.1, -0.05) is 13.8 Å². The van der Waals surface area contributed by atoms with Gasteiger partial charge in [0.15, 0.2) is 15.6 Å². The largest absolute Gasteiger partial charge is 0.368 e. The minimum absolute atomic E-state index is 0.0333. The van der Waals surface area contributed by atoms with Crippen molar-refractivity contribution in [3.63, 3.8) is 0 Å². The van der Waals surface area contributed by atoms with E-state index in [0.717, 1.165) is 12.5 Å². The Morgan fingerprint density at radius 2 is 1.93 bits per heavy atom. The average molecular weight is 429 g/mol. The molecule has 0 saturated heterocycles. The second kappa shape index (κ2) is 7.38. The second-order valence-corrected chi connectivity index (χ2v) is 9.90. The fourth-order valence-corrected chi connectivity index (χ4v) is 4.27. The van der Waals surface area contributed by atoms with Gasteiger partial charge in [0.05, 0.1) is 22.4 Å². The lowest BCUT2D eigenvalue weighted by molar-refractivity contribution is -0.128. The molecule has 0 radical (unpaired) electrons. The molecular formula is C21H20FN3O4S. The van der Waals surface area contributed by atoms with Crippen LogP contribution in [0.2, 0.25) is 0 Å². The van der Waals surface area contributed by atoms with Crippen LogP contribution in [0.5, 0.6) is 0 Å². The van der Waals surface area contributed by atoms with Gasteiger partial charge in [0, 0.05) is 42.3 Å². The van der Waals surface area contributed by atoms with Gasteiger partial charge < -0.3 is 4.74 Å². The number of carbonyl (C=O) groups excluding carboxylic acids is 1. The summed E-state index contributed by atoms with van der Waals surface area (Å²) >= 11 is 0. The molecule has 0 spiro atoms. The summed E-state index contributed by atoms with van der Waals surface area (Å²) in [6, 6.07) is 4.48. The van der Waals surface area contributed by atoms with Gasteiger partial charge in [-0.2, -0.15) is 5.26 Å². The van der Waals surface area contributed by atoms with Crippen molar-refractivity contribution in [1.82, 2.24) is 9.97 Å². The van der Waals surface area contributed by atoms with Gasteiger partial charge in [0.1, 0.15) is 17.5 Å². The summed E-state index contributed by atoms with van der Waals surface area (Å²) in [4.78, 5) is 20.7. The molecule has 1 aliphatic carbocycles. The van der Waals surface area contributed by atoms with Crippen LogP contribution in [0.3, 0.4) is 0 Å². The van der Waals surface area contributed by atoms with E-state index in [4.69, 9.17) is 4.74 Å². The molecule has 30 heavy (non-hydrogen) atoms. The first kappa shape index (κ1) is 21.7. The fraction of sp³-hybridized carbons (Fsp3) is 0.333. The number of halogens is 1. The summed E-state index contributed by atoms with van der Waals surface area (Å²) in [7, 11) is -2.13. The van der Waals surface area contributed by atoms with Crippen molar-refractivity contribution in [3.05, 3.63) is 53.9 Å². The summed E-state index contributed by atoms with van der Waals surface area (Å²) in [5, 5.41) is 9.47. The van der Waals surface area contributed by atoms with Crippen molar-refractivity contribution in [3.8, 4) is 17.2 Å². The van der Waals surface area contributed by atoms with E-state index >= 15 is 0 Å². The topological polar surface area (TPSA) is 110 Å². The van der Waals surface area contributed by atoms with E-state index < -0.39 is 26.7 Å². The quantitative estimate of drug-likeness (QED) is 0.735. The Bertz CT molecular complexity index is 1210. The standard InChI is InChI=1S/C21H20FN3O4S/c1-20(2)12-21(29-3,7-14(8-23)19(20)26)18-17(6-15(22)10-25-18)13-5-16(11-24-9-13)30(4,27)28/h5-7,9-11H,12H2,1-4H3. The van der Waals surface area contributed by atoms with E-state index in [1.54, 1.807) is 13.8 Å². The minimum atomic E-state index is -3.55. The van der Waals surface area contributed by atoms with Crippen LogP contribution >= 0.6 is 0 Å². The van der Waals surface area contributed by atoms with Gasteiger partial charge in [0.25, 0.3) is 0 Å². The molecule has 2 aromatic rings. The first-order valence-electron chi connectivity index (χ1n) is 8.98. The van der Waals surface area contributed by atoms with Crippen LogP contribution in [-0.2, 0) is 25.0 Å². The van der Waals surface area contributed by atoms with E-state index in [1.807, 2.05) is 6.07 Å². The molecule has 0 fully saturated rings. The van der Waals surface area contributed by atoms with E-state index in [0.29, 0.717) is 5.56 Å². The zero-order chi connectivity index (χ0) is 22.3. The van der Waals surface area contributed by atoms with E-state index in [9.17, 15) is 22.9 Å². The number of rotatable bonds is 4. The maximum Gasteiger partial charge on any atom is 0.178 e. The van der Waals surface area contributed by atoms with Crippen molar-refractivity contribution >= 4 is 15.6 Å². The summed E-state index contributed by atoms with van der Waals surface area (Å²) < 4.78 is 43.8. The maximum atomic E-state index is 14.2. The lowest BCUT2D eigenvalue weighted by atomic mass is 9.68. The number of hydrogen-bond donors (Lipinski definition) is 0. The molecule has 2 aromatic heterocycles. The number of methoxy groups -OCH3 is 1. The monoisotopic (exact) mass is 429 g/mol. The molecule has 0 saturated carbocycles. The number of hydrogen-bond acceptors (Lipinski definition) is 7. The number of nitrogens with zero attached hydrogens (tertiary/aromatic N) is 3. The van der Waals surface area contributed by atoms with Crippen LogP contribution in [0.25, 0.3) is 11.1 Å². The summed E-state index contributed by atoms with van der Waals surface area (Å²) in [6.45, 7) is 3.39. The third kappa shape index (κ3) is 3.76. The number of allylic oxidation sites excluding steroid dienone is 1. The number of ether oxygens (including phenoxy) is 1. The second-order valence-electron chi connectivity index (χ2n) is 7.88. The molecule has 3 rings (SSSR count). The van der Waals surface area contributed by atoms with Crippen LogP contribution in [-0.4, -0.2) is 37.5 Å². The Balaban J connectivity index is 2.32. The SMILES string of the molecule is COC1(c2ncc(F)cc2-c2cncc(S(C)(=O)=O)c2)C=C(C#N)C(=O)C(C)(C)C1. The predicted molar refractivity (Wildman–Crippen MR) is 106 cm³/mol. The van der Waals surface area contributed by atoms with Crippen molar-refractivity contribution in [1.29, 1.82) is 5.26 Å². The first-order chi connectivity index (χ1) is 13.9. The number of carbonyl (C=O) groups is 1. The highest BCUT2D eigenvalue weighted by Crippen LogP contribution is 2.47. The summed E-state index contributed by atoms with van der Waals surface area (Å²) in [6.07, 6.45) is 6.21. The van der Waals surface area contributed by atoms with Gasteiger partial charge in [-0.15, -0.1) is 0 Å². The molecule has 156 valence electrons. The molecular weight excluding hydrogens is 409 g/mol. The Labute approximate surface area is 174 Å². The van der Waals surface area contributed by atoms with Gasteiger partial charge in [-0.3, -0.25) is 14.8 Å². The number of pyridine rings is 2. The van der Waals surface area contributed by atoms with E-state index in [1.165, 1.54) is 37.7 Å². The normalized spacial score (nSPS) is 21.1. The number of nitriles is 1. The van der Waals surface area contributed by atoms with Crippen LogP contribution in [0.15, 0.2) is 47.3 Å². The molecule has 0 aromatic carbocycles. The lowest BCUT2D eigenvalue weighted by Crippen LogP contribution is -2.43. The Kier molecular flexibility index (Phi) is 5.35. The molecule has 0 amide bonds. The van der Waals surface area contributed by atoms with Crippen molar-refractivity contribution < 1.29 is 22.3 Å². The smallest absolute Gasteiger partial charge is 0.178 e. The molecule has 0 bridgehead atoms. The highest BCUT2D eigenvalue weighted by atomic mass is 32.2. The van der Waals surface area contributed by atoms with Crippen LogP contribution in [0.1, 0.15) is 26.0 Å². The van der Waals surface area contributed by atoms with Gasteiger partial charge in [0.2, 0.25) is 0 Å². The summed E-state index contributed by atoms with van der Waals surface area (Å²) in [5.41, 5.74) is -1.48. The van der Waals surface area contributed by atoms with E-state index in [-0.39, 0.29) is 33.9 Å². The molecule has 7 nitrogen and oxygen atoms in total. The molecule has 2 heterocycles. The van der Waals surface area contributed by atoms with Crippen molar-refractivity contribution in [2.45, 2.75) is 30.8 Å². The van der Waals surface area contributed by atoms with Gasteiger partial charge >= 0.3 is 0 Å². The molecule has 9 heteroatoms. The lowest BCUT2D eigenvalue weighted by Gasteiger charge is -2.40. The molecule has 0 N–H and O–H groups in total. The number of Topliss-reactive ketones (excluding diaryl/α,β-unsaturated/α-hetero) is 1. The number of sulfone groups is 1. The number of ketones is 1. The predicted octanol–water partition coefficient (Wildman–Crippen LogP) is 2.98. The van der Waals surface area contributed by atoms with Crippen LogP contribution < -0.4 is 0 Å². The van der Waals surface area contributed by atoms with Gasteiger partial charge in [-0.05, 0) is 24.6 Å². The maximum absolute atomic E-state index is 14.2. The first-order valence-corrected chi connectivity index (χ1v) is 10.9. The molecule has 1 atom stereocenters. The van der Waals surface area contributed by atoms with Crippen LogP contribution in [0.4, 0.5) is 4.39 Å². The molecule has 1 aliphatic rings. The van der Waals surface area contributed by atoms with Crippen molar-refractivity contribution in [2.75, 3.05) is 13.4 Å². The zero-order valence-electron chi connectivity index (χ0n) is 16.9. The molecule has 0 aliphatic heterocycles. The Morgan fingerprint density at radius 3 is 2.53 bits per heavy atom. The highest BCUT2D eigenvalue weighted by Gasteiger charge is 2.48. The highest BCUT2D eigenvalue weighted by molar-refractivity contribution is 7.90. The van der Waals surface area contributed by atoms with Gasteiger partial charge in [-0.25, -0.2) is 12.8 Å². The Morgan fingerprint density at radius 1 is 1.23 bits per heavy atom. The Hall–Kier alpha value is -2.96. The number of aromatic nitrogens is 2. The zero-order valence-corrected chi connectivity index (χ0v) is 17.7.